The molecule has 204 valence electrons. The van der Waals surface area contributed by atoms with Gasteiger partial charge in [-0.3, -0.25) is 19.4 Å². The van der Waals surface area contributed by atoms with E-state index in [-0.39, 0.29) is 35.9 Å². The Balaban J connectivity index is 1.21. The molecule has 9 nitrogen and oxygen atoms in total. The third kappa shape index (κ3) is 6.00. The molecule has 0 bridgehead atoms. The molecule has 2 unspecified atom stereocenters. The van der Waals surface area contributed by atoms with Crippen molar-refractivity contribution in [2.45, 2.75) is 45.2 Å². The molecule has 3 amide bonds. The van der Waals surface area contributed by atoms with E-state index in [1.165, 1.54) is 22.3 Å². The molecule has 39 heavy (non-hydrogen) atoms. The van der Waals surface area contributed by atoms with Crippen LogP contribution in [0.2, 0.25) is 0 Å². The number of amidine groups is 2. The maximum Gasteiger partial charge on any atom is 0.259 e. The summed E-state index contributed by atoms with van der Waals surface area (Å²) in [5.41, 5.74) is 2.67. The third-order valence-corrected chi connectivity index (χ3v) is 8.22. The normalized spacial score (nSPS) is 19.2. The number of benzene rings is 2. The second-order valence-electron chi connectivity index (χ2n) is 9.96. The first-order chi connectivity index (χ1) is 18.9. The molecule has 0 radical (unpaired) electrons. The van der Waals surface area contributed by atoms with Gasteiger partial charge in [0.05, 0.1) is 11.4 Å². The van der Waals surface area contributed by atoms with Gasteiger partial charge in [0, 0.05) is 49.9 Å². The van der Waals surface area contributed by atoms with Gasteiger partial charge in [-0.25, -0.2) is 9.89 Å². The van der Waals surface area contributed by atoms with Gasteiger partial charge >= 0.3 is 0 Å². The van der Waals surface area contributed by atoms with Crippen LogP contribution in [0.3, 0.4) is 0 Å². The fourth-order valence-corrected chi connectivity index (χ4v) is 5.72. The summed E-state index contributed by atoms with van der Waals surface area (Å²) < 4.78 is 0. The molecule has 2 atom stereocenters. The maximum absolute atomic E-state index is 13.5. The highest BCUT2D eigenvalue weighted by atomic mass is 32.2. The van der Waals surface area contributed by atoms with Gasteiger partial charge in [0.25, 0.3) is 5.91 Å². The number of nitrogens with zero attached hydrogens (tertiary/aromatic N) is 5. The second kappa shape index (κ2) is 12.0. The lowest BCUT2D eigenvalue weighted by atomic mass is 10.1. The molecule has 0 saturated carbocycles. The van der Waals surface area contributed by atoms with Crippen LogP contribution < -0.4 is 10.2 Å². The predicted octanol–water partition coefficient (Wildman–Crippen LogP) is 3.42. The van der Waals surface area contributed by atoms with Crippen molar-refractivity contribution in [1.82, 2.24) is 15.1 Å². The maximum atomic E-state index is 13.5. The fourth-order valence-electron chi connectivity index (χ4n) is 4.91. The van der Waals surface area contributed by atoms with Crippen LogP contribution in [0.25, 0.3) is 0 Å². The smallest absolute Gasteiger partial charge is 0.259 e. The number of carbonyl (C=O) groups is 3. The van der Waals surface area contributed by atoms with Gasteiger partial charge in [-0.05, 0) is 44.0 Å². The van der Waals surface area contributed by atoms with Gasteiger partial charge in [0.15, 0.2) is 5.17 Å². The number of hydrogen-bond donors (Lipinski definition) is 1. The number of piperazine rings is 1. The van der Waals surface area contributed by atoms with Crippen LogP contribution in [0.5, 0.6) is 0 Å². The molecular formula is C29H34N6O3S. The number of para-hydroxylation sites is 2. The van der Waals surface area contributed by atoms with Crippen molar-refractivity contribution in [1.29, 1.82) is 0 Å². The van der Waals surface area contributed by atoms with Gasteiger partial charge in [-0.1, -0.05) is 49.0 Å². The summed E-state index contributed by atoms with van der Waals surface area (Å²) in [5.74, 6) is 0.446. The summed E-state index contributed by atoms with van der Waals surface area (Å²) in [6.45, 7) is 6.86. The molecular weight excluding hydrogens is 512 g/mol. The number of fused-ring (bicyclic) bond motifs is 3. The van der Waals surface area contributed by atoms with E-state index in [4.69, 9.17) is 4.99 Å². The van der Waals surface area contributed by atoms with E-state index in [0.29, 0.717) is 30.5 Å². The molecule has 3 aliphatic rings. The van der Waals surface area contributed by atoms with Crippen molar-refractivity contribution in [3.63, 3.8) is 0 Å². The second-order valence-corrected chi connectivity index (χ2v) is 10.9. The Labute approximate surface area is 233 Å². The Morgan fingerprint density at radius 1 is 1.05 bits per heavy atom. The molecule has 3 heterocycles. The van der Waals surface area contributed by atoms with Gasteiger partial charge in [0.2, 0.25) is 11.8 Å². The molecule has 0 aliphatic carbocycles. The average Bonchev–Trinajstić information content (AvgIpc) is 3.31. The highest BCUT2D eigenvalue weighted by molar-refractivity contribution is 8.14. The minimum Gasteiger partial charge on any atom is -0.368 e. The number of nitrogens with one attached hydrogen (secondary N) is 1. The standard InChI is InChI=1S/C29H34N6O3S/c1-3-20(2)30-25(36)19-39-29-32-23-12-8-7-11-22(23)27-31-24(28(38)35(27)29)13-14-26(37)34-17-15-33(16-18-34)21-9-5-4-6-10-21/h4-12,20,24H,3,13-19H2,1-2H3,(H,30,36). The predicted molar refractivity (Wildman–Crippen MR) is 156 cm³/mol. The SMILES string of the molecule is CCC(C)NC(=O)CSC1=Nc2ccccc2C2=NC(CCC(=O)N3CCN(c4ccccc4)CC3)C(=O)N12. The summed E-state index contributed by atoms with van der Waals surface area (Å²) in [7, 11) is 0. The minimum absolute atomic E-state index is 0.0472. The molecule has 1 saturated heterocycles. The molecule has 2 aromatic carbocycles. The lowest BCUT2D eigenvalue weighted by molar-refractivity contribution is -0.132. The minimum atomic E-state index is -0.652. The van der Waals surface area contributed by atoms with Crippen LogP contribution in [0.1, 0.15) is 38.7 Å². The van der Waals surface area contributed by atoms with Crippen molar-refractivity contribution < 1.29 is 14.4 Å². The molecule has 0 aromatic heterocycles. The first-order valence-corrected chi connectivity index (χ1v) is 14.5. The van der Waals surface area contributed by atoms with Crippen molar-refractivity contribution in [2.24, 2.45) is 9.98 Å². The van der Waals surface area contributed by atoms with E-state index < -0.39 is 6.04 Å². The number of carbonyl (C=O) groups excluding carboxylic acids is 3. The van der Waals surface area contributed by atoms with E-state index in [0.717, 1.165) is 30.8 Å². The van der Waals surface area contributed by atoms with E-state index in [1.807, 2.05) is 61.2 Å². The molecule has 2 aromatic rings. The molecule has 0 spiro atoms. The Morgan fingerprint density at radius 2 is 1.77 bits per heavy atom. The molecule has 5 rings (SSSR count). The Kier molecular flexibility index (Phi) is 8.30. The fraction of sp³-hybridized carbons (Fsp3) is 0.414. The first kappa shape index (κ1) is 26.9. The van der Waals surface area contributed by atoms with E-state index in [2.05, 4.69) is 27.3 Å². The zero-order valence-corrected chi connectivity index (χ0v) is 23.2. The van der Waals surface area contributed by atoms with Gasteiger partial charge < -0.3 is 15.1 Å². The van der Waals surface area contributed by atoms with E-state index in [1.54, 1.807) is 0 Å². The van der Waals surface area contributed by atoms with Crippen molar-refractivity contribution in [3.05, 3.63) is 60.2 Å². The lowest BCUT2D eigenvalue weighted by Crippen LogP contribution is -2.49. The van der Waals surface area contributed by atoms with E-state index >= 15 is 0 Å². The highest BCUT2D eigenvalue weighted by Crippen LogP contribution is 2.34. The largest absolute Gasteiger partial charge is 0.368 e. The zero-order chi connectivity index (χ0) is 27.4. The van der Waals surface area contributed by atoms with Crippen LogP contribution in [0, 0.1) is 0 Å². The summed E-state index contributed by atoms with van der Waals surface area (Å²) >= 11 is 1.23. The average molecular weight is 547 g/mol. The van der Waals surface area contributed by atoms with Crippen LogP contribution in [0.4, 0.5) is 11.4 Å². The van der Waals surface area contributed by atoms with Crippen LogP contribution in [-0.2, 0) is 14.4 Å². The van der Waals surface area contributed by atoms with Crippen LogP contribution >= 0.6 is 11.8 Å². The van der Waals surface area contributed by atoms with Crippen molar-refractivity contribution in [3.8, 4) is 0 Å². The van der Waals surface area contributed by atoms with Crippen molar-refractivity contribution >= 4 is 51.9 Å². The van der Waals surface area contributed by atoms with E-state index in [9.17, 15) is 14.4 Å². The third-order valence-electron chi connectivity index (χ3n) is 7.29. The quantitative estimate of drug-likeness (QED) is 0.547. The lowest BCUT2D eigenvalue weighted by Gasteiger charge is -2.36. The number of amides is 3. The van der Waals surface area contributed by atoms with Gasteiger partial charge in [0.1, 0.15) is 11.9 Å². The monoisotopic (exact) mass is 546 g/mol. The number of hydrogen-bond acceptors (Lipinski definition) is 7. The van der Waals surface area contributed by atoms with Gasteiger partial charge in [-0.15, -0.1) is 0 Å². The Hall–Kier alpha value is -3.66. The van der Waals surface area contributed by atoms with Crippen LogP contribution in [0.15, 0.2) is 64.6 Å². The zero-order valence-electron chi connectivity index (χ0n) is 22.4. The number of anilines is 1. The van der Waals surface area contributed by atoms with Crippen LogP contribution in [-0.4, -0.2) is 82.5 Å². The summed E-state index contributed by atoms with van der Waals surface area (Å²) in [6.07, 6.45) is 1.44. The van der Waals surface area contributed by atoms with Gasteiger partial charge in [-0.2, -0.15) is 0 Å². The molecule has 3 aliphatic heterocycles. The summed E-state index contributed by atoms with van der Waals surface area (Å²) in [4.78, 5) is 54.1. The Bertz CT molecular complexity index is 1290. The number of thioether (sulfide) groups is 1. The van der Waals surface area contributed by atoms with Crippen molar-refractivity contribution in [2.75, 3.05) is 36.8 Å². The first-order valence-electron chi connectivity index (χ1n) is 13.5. The summed E-state index contributed by atoms with van der Waals surface area (Å²) in [6, 6.07) is 17.2. The molecule has 1 N–H and O–H groups in total. The topological polar surface area (TPSA) is 97.7 Å². The highest BCUT2D eigenvalue weighted by Gasteiger charge is 2.41. The summed E-state index contributed by atoms with van der Waals surface area (Å²) in [5, 5.41) is 3.40. The number of rotatable bonds is 8. The Morgan fingerprint density at radius 3 is 2.51 bits per heavy atom. The molecule has 1 fully saturated rings. The molecule has 10 heteroatoms. The number of aliphatic imine (C=N–C) groups is 2.